The summed E-state index contributed by atoms with van der Waals surface area (Å²) in [4.78, 5) is 8.64. The summed E-state index contributed by atoms with van der Waals surface area (Å²) in [5.74, 6) is 1.80. The van der Waals surface area contributed by atoms with Gasteiger partial charge in [-0.1, -0.05) is 0 Å². The summed E-state index contributed by atoms with van der Waals surface area (Å²) < 4.78 is 6.14. The lowest BCUT2D eigenvalue weighted by molar-refractivity contribution is 0.318. The van der Waals surface area contributed by atoms with Crippen LogP contribution in [-0.2, 0) is 0 Å². The number of nitrogens with zero attached hydrogens (tertiary/aromatic N) is 2. The van der Waals surface area contributed by atoms with Gasteiger partial charge in [0, 0.05) is 18.8 Å². The van der Waals surface area contributed by atoms with Gasteiger partial charge in [0.25, 0.3) is 0 Å². The molecule has 1 aromatic carbocycles. The van der Waals surface area contributed by atoms with Crippen molar-refractivity contribution in [3.05, 3.63) is 28.9 Å². The largest absolute Gasteiger partial charge is 0.504 e. The Hall–Kier alpha value is -1.82. The highest BCUT2D eigenvalue weighted by Crippen LogP contribution is 2.31. The molecule has 2 N–H and O–H groups in total. The lowest BCUT2D eigenvalue weighted by Crippen LogP contribution is -1.98. The van der Waals surface area contributed by atoms with Gasteiger partial charge in [-0.15, -0.1) is 0 Å². The molecular formula is C13H14BrN3O2. The van der Waals surface area contributed by atoms with Gasteiger partial charge < -0.3 is 15.2 Å². The highest BCUT2D eigenvalue weighted by Gasteiger charge is 2.09. The van der Waals surface area contributed by atoms with Gasteiger partial charge in [0.1, 0.15) is 5.82 Å². The maximum Gasteiger partial charge on any atom is 0.161 e. The van der Waals surface area contributed by atoms with Crippen LogP contribution in [-0.4, -0.2) is 28.7 Å². The average molecular weight is 324 g/mol. The molecule has 2 aromatic rings. The van der Waals surface area contributed by atoms with Gasteiger partial charge in [-0.05, 0) is 41.1 Å². The lowest BCUT2D eigenvalue weighted by atomic mass is 10.2. The Labute approximate surface area is 119 Å². The van der Waals surface area contributed by atoms with Gasteiger partial charge in [0.15, 0.2) is 17.3 Å². The Balaban J connectivity index is 2.44. The number of nitrogens with one attached hydrogen (secondary N) is 1. The number of rotatable bonds is 4. The fraction of sp³-hybridized carbons (Fsp3) is 0.231. The molecule has 0 unspecified atom stereocenters. The van der Waals surface area contributed by atoms with Crippen molar-refractivity contribution in [2.45, 2.75) is 6.92 Å². The van der Waals surface area contributed by atoms with E-state index in [4.69, 9.17) is 4.74 Å². The summed E-state index contributed by atoms with van der Waals surface area (Å²) in [5.41, 5.74) is 0.783. The summed E-state index contributed by atoms with van der Waals surface area (Å²) in [6.45, 7) is 2.35. The van der Waals surface area contributed by atoms with Crippen LogP contribution in [0, 0.1) is 0 Å². The van der Waals surface area contributed by atoms with Crippen LogP contribution in [0.25, 0.3) is 11.4 Å². The van der Waals surface area contributed by atoms with E-state index in [2.05, 4.69) is 31.2 Å². The minimum atomic E-state index is 0.108. The third-order valence-electron chi connectivity index (χ3n) is 2.50. The summed E-state index contributed by atoms with van der Waals surface area (Å²) >= 11 is 3.36. The van der Waals surface area contributed by atoms with E-state index in [0.29, 0.717) is 24.0 Å². The summed E-state index contributed by atoms with van der Waals surface area (Å²) in [6.07, 6.45) is 1.68. The summed E-state index contributed by atoms with van der Waals surface area (Å²) in [5, 5.41) is 12.7. The number of hydrogen-bond donors (Lipinski definition) is 2. The average Bonchev–Trinajstić information content (AvgIpc) is 2.42. The first kappa shape index (κ1) is 13.6. The molecule has 19 heavy (non-hydrogen) atoms. The molecule has 1 heterocycles. The van der Waals surface area contributed by atoms with Crippen molar-refractivity contribution in [1.29, 1.82) is 0 Å². The van der Waals surface area contributed by atoms with Gasteiger partial charge in [-0.2, -0.15) is 0 Å². The smallest absolute Gasteiger partial charge is 0.161 e. The third kappa shape index (κ3) is 2.96. The first-order valence-corrected chi connectivity index (χ1v) is 6.61. The van der Waals surface area contributed by atoms with Crippen molar-refractivity contribution in [2.75, 3.05) is 19.0 Å². The molecule has 0 aliphatic heterocycles. The Kier molecular flexibility index (Phi) is 4.21. The van der Waals surface area contributed by atoms with Crippen molar-refractivity contribution in [2.24, 2.45) is 0 Å². The minimum Gasteiger partial charge on any atom is -0.504 e. The van der Waals surface area contributed by atoms with Crippen molar-refractivity contribution in [3.8, 4) is 22.9 Å². The van der Waals surface area contributed by atoms with E-state index in [1.807, 2.05) is 6.92 Å². The molecule has 1 aromatic heterocycles. The van der Waals surface area contributed by atoms with Crippen LogP contribution < -0.4 is 10.1 Å². The fourth-order valence-corrected chi connectivity index (χ4v) is 2.00. The molecule has 0 aliphatic rings. The number of ether oxygens (including phenoxy) is 1. The van der Waals surface area contributed by atoms with Crippen LogP contribution in [0.1, 0.15) is 6.92 Å². The molecule has 0 fully saturated rings. The number of benzene rings is 1. The number of phenols is 1. The quantitative estimate of drug-likeness (QED) is 0.905. The molecule has 0 saturated carbocycles. The number of aromatic nitrogens is 2. The SMILES string of the molecule is CCOc1cc(-c2ncc(Br)c(NC)n2)ccc1O. The molecule has 0 saturated heterocycles. The second-order valence-corrected chi connectivity index (χ2v) is 4.61. The molecule has 0 bridgehead atoms. The standard InChI is InChI=1S/C13H14BrN3O2/c1-3-19-11-6-8(4-5-10(11)18)12-16-7-9(14)13(15-2)17-12/h4-7,18H,3H2,1-2H3,(H,15,16,17). The van der Waals surface area contributed by atoms with Crippen LogP contribution in [0.3, 0.4) is 0 Å². The van der Waals surface area contributed by atoms with Crippen molar-refractivity contribution in [3.63, 3.8) is 0 Å². The Morgan fingerprint density at radius 1 is 1.42 bits per heavy atom. The van der Waals surface area contributed by atoms with Crippen LogP contribution in [0.4, 0.5) is 5.82 Å². The second-order valence-electron chi connectivity index (χ2n) is 3.76. The van der Waals surface area contributed by atoms with Gasteiger partial charge >= 0.3 is 0 Å². The topological polar surface area (TPSA) is 67.3 Å². The zero-order chi connectivity index (χ0) is 13.8. The van der Waals surface area contributed by atoms with Crippen molar-refractivity contribution in [1.82, 2.24) is 9.97 Å². The third-order valence-corrected chi connectivity index (χ3v) is 3.08. The molecule has 5 nitrogen and oxygen atoms in total. The van der Waals surface area contributed by atoms with E-state index in [1.165, 1.54) is 0 Å². The normalized spacial score (nSPS) is 10.3. The lowest BCUT2D eigenvalue weighted by Gasteiger charge is -2.09. The Morgan fingerprint density at radius 3 is 2.89 bits per heavy atom. The predicted octanol–water partition coefficient (Wildman–Crippen LogP) is 3.05. The van der Waals surface area contributed by atoms with E-state index in [1.54, 1.807) is 31.4 Å². The molecule has 0 radical (unpaired) electrons. The molecule has 100 valence electrons. The number of aromatic hydroxyl groups is 1. The maximum absolute atomic E-state index is 9.67. The van der Waals surface area contributed by atoms with Crippen LogP contribution in [0.5, 0.6) is 11.5 Å². The summed E-state index contributed by atoms with van der Waals surface area (Å²) in [7, 11) is 1.79. The van der Waals surface area contributed by atoms with E-state index in [-0.39, 0.29) is 5.75 Å². The molecular weight excluding hydrogens is 310 g/mol. The Bertz CT molecular complexity index is 590. The molecule has 2 rings (SSSR count). The molecule has 0 atom stereocenters. The van der Waals surface area contributed by atoms with Crippen LogP contribution in [0.2, 0.25) is 0 Å². The van der Waals surface area contributed by atoms with Crippen LogP contribution in [0.15, 0.2) is 28.9 Å². The van der Waals surface area contributed by atoms with E-state index < -0.39 is 0 Å². The van der Waals surface area contributed by atoms with Gasteiger partial charge in [0.05, 0.1) is 11.1 Å². The number of halogens is 1. The first-order valence-electron chi connectivity index (χ1n) is 5.82. The first-order chi connectivity index (χ1) is 9.15. The minimum absolute atomic E-state index is 0.108. The van der Waals surface area contributed by atoms with Gasteiger partial charge in [-0.3, -0.25) is 0 Å². The highest BCUT2D eigenvalue weighted by molar-refractivity contribution is 9.10. The monoisotopic (exact) mass is 323 g/mol. The number of anilines is 1. The van der Waals surface area contributed by atoms with E-state index in [9.17, 15) is 5.11 Å². The molecule has 0 aliphatic carbocycles. The van der Waals surface area contributed by atoms with Crippen molar-refractivity contribution < 1.29 is 9.84 Å². The van der Waals surface area contributed by atoms with Gasteiger partial charge in [-0.25, -0.2) is 9.97 Å². The number of phenolic OH excluding ortho intramolecular Hbond substituents is 1. The fourth-order valence-electron chi connectivity index (χ4n) is 1.61. The Morgan fingerprint density at radius 2 is 2.21 bits per heavy atom. The second kappa shape index (κ2) is 5.88. The van der Waals surface area contributed by atoms with E-state index in [0.717, 1.165) is 10.0 Å². The number of hydrogen-bond acceptors (Lipinski definition) is 5. The summed E-state index contributed by atoms with van der Waals surface area (Å²) in [6, 6.07) is 5.05. The molecule has 0 amide bonds. The van der Waals surface area contributed by atoms with Crippen LogP contribution >= 0.6 is 15.9 Å². The predicted molar refractivity (Wildman–Crippen MR) is 77.5 cm³/mol. The highest BCUT2D eigenvalue weighted by atomic mass is 79.9. The van der Waals surface area contributed by atoms with E-state index >= 15 is 0 Å². The maximum atomic E-state index is 9.67. The molecule has 0 spiro atoms. The van der Waals surface area contributed by atoms with Gasteiger partial charge in [0.2, 0.25) is 0 Å². The zero-order valence-electron chi connectivity index (χ0n) is 10.6. The zero-order valence-corrected chi connectivity index (χ0v) is 12.2. The molecule has 6 heteroatoms. The van der Waals surface area contributed by atoms with Crippen molar-refractivity contribution >= 4 is 21.7 Å².